The number of aliphatic hydroxyl groups excluding tert-OH is 1. The molecule has 0 bridgehead atoms. The highest BCUT2D eigenvalue weighted by Gasteiger charge is 2.60. The molecule has 26 heavy (non-hydrogen) atoms. The number of nitrogens with one attached hydrogen (secondary N) is 1. The molecule has 1 saturated heterocycles. The topological polar surface area (TPSA) is 122 Å². The molecule has 0 aromatic rings. The molecule has 3 aliphatic rings. The number of nitrogens with zero attached hydrogens (tertiary/aromatic N) is 1. The fourth-order valence-electron chi connectivity index (χ4n) is 3.18. The van der Waals surface area contributed by atoms with Gasteiger partial charge in [-0.25, -0.2) is 4.79 Å². The Balaban J connectivity index is 2.17. The van der Waals surface area contributed by atoms with Gasteiger partial charge in [-0.1, -0.05) is 47.7 Å². The molecule has 0 radical (unpaired) electrons. The Morgan fingerprint density at radius 2 is 2.00 bits per heavy atom. The SMILES string of the molecule is COC(=O)C1=C(Cl)C(NC(C)=O)(C2C=CC(O)C=C2)S[C@@H]2C(N)C(=O)N12. The third-order valence-electron chi connectivity index (χ3n) is 4.41. The van der Waals surface area contributed by atoms with E-state index in [-0.39, 0.29) is 16.6 Å². The number of nitrogens with two attached hydrogens (primary N) is 1. The number of amides is 2. The Morgan fingerprint density at radius 3 is 2.54 bits per heavy atom. The van der Waals surface area contributed by atoms with Crippen molar-refractivity contribution < 1.29 is 24.2 Å². The third kappa shape index (κ3) is 2.75. The zero-order chi connectivity index (χ0) is 19.2. The van der Waals surface area contributed by atoms with Crippen molar-refractivity contribution in [2.24, 2.45) is 11.7 Å². The summed E-state index contributed by atoms with van der Waals surface area (Å²) in [6.45, 7) is 1.33. The highest BCUT2D eigenvalue weighted by Crippen LogP contribution is 2.54. The van der Waals surface area contributed by atoms with Gasteiger partial charge in [-0.2, -0.15) is 0 Å². The predicted octanol–water partition coefficient (Wildman–Crippen LogP) is -0.212. The molecule has 0 aromatic heterocycles. The van der Waals surface area contributed by atoms with Gasteiger partial charge in [0.25, 0.3) is 0 Å². The van der Waals surface area contributed by atoms with Gasteiger partial charge >= 0.3 is 5.97 Å². The first-order valence-corrected chi connectivity index (χ1v) is 9.07. The number of carbonyl (C=O) groups excluding carboxylic acids is 3. The number of hydrogen-bond donors (Lipinski definition) is 3. The van der Waals surface area contributed by atoms with Crippen LogP contribution in [0.15, 0.2) is 35.0 Å². The predicted molar refractivity (Wildman–Crippen MR) is 95.4 cm³/mol. The van der Waals surface area contributed by atoms with Crippen LogP contribution in [0.3, 0.4) is 0 Å². The lowest BCUT2D eigenvalue weighted by atomic mass is 9.91. The lowest BCUT2D eigenvalue weighted by Crippen LogP contribution is -2.72. The van der Waals surface area contributed by atoms with Crippen LogP contribution >= 0.6 is 23.4 Å². The largest absolute Gasteiger partial charge is 0.464 e. The molecule has 2 heterocycles. The first-order valence-electron chi connectivity index (χ1n) is 7.81. The lowest BCUT2D eigenvalue weighted by molar-refractivity contribution is -0.149. The molecule has 0 saturated carbocycles. The summed E-state index contributed by atoms with van der Waals surface area (Å²) >= 11 is 7.76. The number of methoxy groups -OCH3 is 1. The van der Waals surface area contributed by atoms with Crippen molar-refractivity contribution in [3.05, 3.63) is 35.0 Å². The highest BCUT2D eigenvalue weighted by atomic mass is 35.5. The van der Waals surface area contributed by atoms with E-state index in [9.17, 15) is 19.5 Å². The molecule has 3 atom stereocenters. The summed E-state index contributed by atoms with van der Waals surface area (Å²) in [6.07, 6.45) is 5.73. The van der Waals surface area contributed by atoms with Crippen molar-refractivity contribution in [1.29, 1.82) is 0 Å². The number of halogens is 1. The maximum atomic E-state index is 12.3. The van der Waals surface area contributed by atoms with E-state index in [1.54, 1.807) is 24.3 Å². The Labute approximate surface area is 159 Å². The summed E-state index contributed by atoms with van der Waals surface area (Å²) in [6, 6.07) is -0.834. The van der Waals surface area contributed by atoms with Gasteiger partial charge in [0.05, 0.1) is 18.2 Å². The molecule has 10 heteroatoms. The smallest absolute Gasteiger partial charge is 0.356 e. The van der Waals surface area contributed by atoms with Gasteiger partial charge in [0.1, 0.15) is 22.0 Å². The van der Waals surface area contributed by atoms with Crippen LogP contribution in [0, 0.1) is 5.92 Å². The van der Waals surface area contributed by atoms with Crippen LogP contribution in [0.4, 0.5) is 0 Å². The summed E-state index contributed by atoms with van der Waals surface area (Å²) in [4.78, 5) is 36.4. The number of ether oxygens (including phenoxy) is 1. The summed E-state index contributed by atoms with van der Waals surface area (Å²) in [7, 11) is 1.18. The normalized spacial score (nSPS) is 35.7. The second-order valence-corrected chi connectivity index (χ2v) is 7.84. The molecule has 0 spiro atoms. The van der Waals surface area contributed by atoms with Crippen molar-refractivity contribution in [3.63, 3.8) is 0 Å². The van der Waals surface area contributed by atoms with Crippen LogP contribution in [-0.4, -0.2) is 57.3 Å². The van der Waals surface area contributed by atoms with E-state index < -0.39 is 40.2 Å². The van der Waals surface area contributed by atoms with Gasteiger partial charge in [-0.15, -0.1) is 0 Å². The maximum Gasteiger partial charge on any atom is 0.356 e. The number of thioether (sulfide) groups is 1. The Hall–Kier alpha value is -1.81. The molecular formula is C16H18ClN3O5S. The van der Waals surface area contributed by atoms with E-state index in [4.69, 9.17) is 22.1 Å². The van der Waals surface area contributed by atoms with E-state index in [0.29, 0.717) is 0 Å². The van der Waals surface area contributed by atoms with Crippen molar-refractivity contribution in [2.45, 2.75) is 29.3 Å². The van der Waals surface area contributed by atoms with Gasteiger partial charge in [0.2, 0.25) is 11.8 Å². The zero-order valence-corrected chi connectivity index (χ0v) is 15.6. The molecule has 140 valence electrons. The van der Waals surface area contributed by atoms with E-state index >= 15 is 0 Å². The van der Waals surface area contributed by atoms with E-state index in [0.717, 1.165) is 0 Å². The average Bonchev–Trinajstić information content (AvgIpc) is 2.62. The van der Waals surface area contributed by atoms with Gasteiger partial charge < -0.3 is 20.9 Å². The van der Waals surface area contributed by atoms with E-state index in [2.05, 4.69) is 5.32 Å². The minimum atomic E-state index is -1.26. The van der Waals surface area contributed by atoms with Crippen molar-refractivity contribution >= 4 is 41.1 Å². The van der Waals surface area contributed by atoms with Crippen LogP contribution < -0.4 is 11.1 Å². The first kappa shape index (κ1) is 19.0. The number of fused-ring (bicyclic) bond motifs is 1. The number of carbonyl (C=O) groups is 3. The molecule has 1 aliphatic carbocycles. The zero-order valence-electron chi connectivity index (χ0n) is 14.0. The molecule has 2 unspecified atom stereocenters. The number of hydrogen-bond acceptors (Lipinski definition) is 7. The van der Waals surface area contributed by atoms with Crippen LogP contribution in [0.1, 0.15) is 6.92 Å². The van der Waals surface area contributed by atoms with Gasteiger partial charge in [-0.3, -0.25) is 14.5 Å². The fourth-order valence-corrected chi connectivity index (χ4v) is 5.33. The maximum absolute atomic E-state index is 12.3. The van der Waals surface area contributed by atoms with Crippen LogP contribution in [-0.2, 0) is 19.1 Å². The average molecular weight is 400 g/mol. The fraction of sp³-hybridized carbons (Fsp3) is 0.438. The standard InChI is InChI=1S/C16H18ClN3O5S/c1-7(21)19-16(8-3-5-9(22)6-4-8)12(17)11(15(24)25-2)20-13(23)10(18)14(20)26-16/h3-6,8-10,14,22H,18H2,1-2H3,(H,19,21)/t8?,9?,10?,14-,16?/m1/s1. The monoisotopic (exact) mass is 399 g/mol. The highest BCUT2D eigenvalue weighted by molar-refractivity contribution is 8.01. The summed E-state index contributed by atoms with van der Waals surface area (Å²) in [5.74, 6) is -2.08. The molecule has 1 fully saturated rings. The van der Waals surface area contributed by atoms with E-state index in [1.807, 2.05) is 0 Å². The summed E-state index contributed by atoms with van der Waals surface area (Å²) < 4.78 is 4.79. The number of rotatable bonds is 3. The van der Waals surface area contributed by atoms with Crippen molar-refractivity contribution in [3.8, 4) is 0 Å². The van der Waals surface area contributed by atoms with Gasteiger partial charge in [0, 0.05) is 12.8 Å². The molecule has 8 nitrogen and oxygen atoms in total. The number of β-lactam (4-membered cyclic amide) rings is 1. The molecule has 4 N–H and O–H groups in total. The minimum Gasteiger partial charge on any atom is -0.464 e. The molecule has 0 aromatic carbocycles. The molecular weight excluding hydrogens is 382 g/mol. The molecule has 2 amide bonds. The first-order chi connectivity index (χ1) is 12.2. The van der Waals surface area contributed by atoms with Crippen LogP contribution in [0.25, 0.3) is 0 Å². The number of aliphatic hydroxyl groups is 1. The Bertz CT molecular complexity index is 753. The second-order valence-electron chi connectivity index (χ2n) is 6.10. The van der Waals surface area contributed by atoms with Crippen LogP contribution in [0.2, 0.25) is 0 Å². The lowest BCUT2D eigenvalue weighted by Gasteiger charge is -2.54. The quantitative estimate of drug-likeness (QED) is 0.341. The van der Waals surface area contributed by atoms with E-state index in [1.165, 1.54) is 30.7 Å². The second kappa shape index (κ2) is 6.73. The summed E-state index contributed by atoms with van der Waals surface area (Å²) in [5.41, 5.74) is 5.78. The van der Waals surface area contributed by atoms with Crippen molar-refractivity contribution in [1.82, 2.24) is 10.2 Å². The molecule has 2 aliphatic heterocycles. The Kier molecular flexibility index (Phi) is 4.91. The summed E-state index contributed by atoms with van der Waals surface area (Å²) in [5, 5.41) is 11.9. The van der Waals surface area contributed by atoms with Gasteiger partial charge in [-0.05, 0) is 0 Å². The Morgan fingerprint density at radius 1 is 1.38 bits per heavy atom. The number of esters is 1. The van der Waals surface area contributed by atoms with Crippen LogP contribution in [0.5, 0.6) is 0 Å². The third-order valence-corrected chi connectivity index (χ3v) is 6.69. The van der Waals surface area contributed by atoms with Gasteiger partial charge in [0.15, 0.2) is 0 Å². The minimum absolute atomic E-state index is 0.0308. The van der Waals surface area contributed by atoms with Crippen molar-refractivity contribution in [2.75, 3.05) is 7.11 Å². The molecule has 3 rings (SSSR count).